The Morgan fingerprint density at radius 2 is 2.11 bits per heavy atom. The Kier molecular flexibility index (Phi) is 5.01. The topological polar surface area (TPSA) is 15.3 Å². The van der Waals surface area contributed by atoms with Crippen LogP contribution >= 0.6 is 15.9 Å². The van der Waals surface area contributed by atoms with Gasteiger partial charge in [-0.2, -0.15) is 0 Å². The summed E-state index contributed by atoms with van der Waals surface area (Å²) in [6.45, 7) is 5.70. The Morgan fingerprint density at radius 1 is 1.39 bits per heavy atom. The molecule has 0 bridgehead atoms. The van der Waals surface area contributed by atoms with Crippen molar-refractivity contribution in [2.75, 3.05) is 25.0 Å². The lowest BCUT2D eigenvalue weighted by atomic mass is 10.0. The zero-order chi connectivity index (χ0) is 13.0. The Labute approximate surface area is 117 Å². The number of nitrogens with one attached hydrogen (secondary N) is 1. The minimum absolute atomic E-state index is 0.205. The molecule has 1 fully saturated rings. The zero-order valence-electron chi connectivity index (χ0n) is 10.8. The van der Waals surface area contributed by atoms with E-state index in [1.807, 2.05) is 6.07 Å². The van der Waals surface area contributed by atoms with Gasteiger partial charge in [-0.3, -0.25) is 0 Å². The average Bonchev–Trinajstić information content (AvgIpc) is 2.37. The molecular formula is C14H20BrFN2. The molecule has 1 saturated heterocycles. The zero-order valence-corrected chi connectivity index (χ0v) is 12.3. The van der Waals surface area contributed by atoms with Gasteiger partial charge in [-0.15, -0.1) is 0 Å². The van der Waals surface area contributed by atoms with Gasteiger partial charge in [0.25, 0.3) is 0 Å². The van der Waals surface area contributed by atoms with Crippen LogP contribution in [0.15, 0.2) is 22.7 Å². The molecule has 0 aliphatic carbocycles. The first kappa shape index (κ1) is 13.8. The number of likely N-dealkylation sites (tertiary alicyclic amines) is 1. The molecule has 1 aliphatic heterocycles. The first-order chi connectivity index (χ1) is 8.69. The lowest BCUT2D eigenvalue weighted by molar-refractivity contribution is 0.219. The van der Waals surface area contributed by atoms with Crippen LogP contribution in [-0.4, -0.2) is 30.6 Å². The molecule has 0 saturated carbocycles. The highest BCUT2D eigenvalue weighted by atomic mass is 79.9. The molecule has 18 heavy (non-hydrogen) atoms. The fraction of sp³-hybridized carbons (Fsp3) is 0.571. The third kappa shape index (κ3) is 3.69. The summed E-state index contributed by atoms with van der Waals surface area (Å²) in [6, 6.07) is 5.71. The van der Waals surface area contributed by atoms with Gasteiger partial charge in [0.2, 0.25) is 0 Å². The van der Waals surface area contributed by atoms with Crippen LogP contribution in [0.5, 0.6) is 0 Å². The first-order valence-electron chi connectivity index (χ1n) is 6.63. The van der Waals surface area contributed by atoms with E-state index in [4.69, 9.17) is 0 Å². The molecule has 1 heterocycles. The Balaban J connectivity index is 1.85. The van der Waals surface area contributed by atoms with Gasteiger partial charge in [-0.25, -0.2) is 4.39 Å². The third-order valence-corrected chi connectivity index (χ3v) is 4.06. The normalized spacial score (nSPS) is 17.9. The van der Waals surface area contributed by atoms with E-state index in [2.05, 4.69) is 33.1 Å². The van der Waals surface area contributed by atoms with Gasteiger partial charge >= 0.3 is 0 Å². The van der Waals surface area contributed by atoms with E-state index in [9.17, 15) is 4.39 Å². The first-order valence-corrected chi connectivity index (χ1v) is 7.42. The quantitative estimate of drug-likeness (QED) is 0.907. The van der Waals surface area contributed by atoms with Gasteiger partial charge < -0.3 is 10.2 Å². The summed E-state index contributed by atoms with van der Waals surface area (Å²) in [5.74, 6) is -0.205. The SMILES string of the molecule is CCCN1CCC(Nc2ccc(Br)c(F)c2)CC1. The molecule has 4 heteroatoms. The lowest BCUT2D eigenvalue weighted by Crippen LogP contribution is -2.39. The maximum Gasteiger partial charge on any atom is 0.139 e. The Hall–Kier alpha value is -0.610. The number of rotatable bonds is 4. The van der Waals surface area contributed by atoms with Crippen molar-refractivity contribution in [3.05, 3.63) is 28.5 Å². The van der Waals surface area contributed by atoms with Crippen LogP contribution in [0.2, 0.25) is 0 Å². The lowest BCUT2D eigenvalue weighted by Gasteiger charge is -2.32. The molecule has 1 aliphatic rings. The second-order valence-corrected chi connectivity index (χ2v) is 5.74. The summed E-state index contributed by atoms with van der Waals surface area (Å²) in [4.78, 5) is 2.50. The summed E-state index contributed by atoms with van der Waals surface area (Å²) < 4.78 is 13.9. The fourth-order valence-electron chi connectivity index (χ4n) is 2.44. The molecular weight excluding hydrogens is 295 g/mol. The van der Waals surface area contributed by atoms with E-state index < -0.39 is 0 Å². The summed E-state index contributed by atoms with van der Waals surface area (Å²) in [7, 11) is 0. The van der Waals surface area contributed by atoms with Crippen molar-refractivity contribution in [3.63, 3.8) is 0 Å². The van der Waals surface area contributed by atoms with E-state index in [0.717, 1.165) is 31.6 Å². The number of benzene rings is 1. The minimum atomic E-state index is -0.205. The molecule has 2 rings (SSSR count). The van der Waals surface area contributed by atoms with Crippen LogP contribution in [-0.2, 0) is 0 Å². The molecule has 100 valence electrons. The Morgan fingerprint density at radius 3 is 2.72 bits per heavy atom. The van der Waals surface area contributed by atoms with Crippen molar-refractivity contribution in [2.24, 2.45) is 0 Å². The second kappa shape index (κ2) is 6.53. The standard InChI is InChI=1S/C14H20BrFN2/c1-2-7-18-8-5-11(6-9-18)17-12-3-4-13(15)14(16)10-12/h3-4,10-11,17H,2,5-9H2,1H3. The van der Waals surface area contributed by atoms with Crippen LogP contribution in [0.25, 0.3) is 0 Å². The van der Waals surface area contributed by atoms with Crippen molar-refractivity contribution in [1.82, 2.24) is 4.90 Å². The van der Waals surface area contributed by atoms with Gasteiger partial charge in [0.1, 0.15) is 5.82 Å². The van der Waals surface area contributed by atoms with Gasteiger partial charge in [0.15, 0.2) is 0 Å². The van der Waals surface area contributed by atoms with Gasteiger partial charge in [0, 0.05) is 24.8 Å². The number of nitrogens with zero attached hydrogens (tertiary/aromatic N) is 1. The number of hydrogen-bond acceptors (Lipinski definition) is 2. The molecule has 0 unspecified atom stereocenters. The smallest absolute Gasteiger partial charge is 0.139 e. The maximum atomic E-state index is 13.4. The van der Waals surface area contributed by atoms with Gasteiger partial charge in [-0.1, -0.05) is 6.92 Å². The highest BCUT2D eigenvalue weighted by Crippen LogP contribution is 2.22. The van der Waals surface area contributed by atoms with E-state index in [0.29, 0.717) is 10.5 Å². The predicted molar refractivity (Wildman–Crippen MR) is 77.5 cm³/mol. The summed E-state index contributed by atoms with van der Waals surface area (Å²) in [5.41, 5.74) is 0.879. The molecule has 0 spiro atoms. The number of piperidine rings is 1. The van der Waals surface area contributed by atoms with Crippen LogP contribution < -0.4 is 5.32 Å². The van der Waals surface area contributed by atoms with Crippen molar-refractivity contribution in [1.29, 1.82) is 0 Å². The fourth-order valence-corrected chi connectivity index (χ4v) is 2.69. The van der Waals surface area contributed by atoms with E-state index in [-0.39, 0.29) is 5.82 Å². The number of anilines is 1. The minimum Gasteiger partial charge on any atom is -0.382 e. The largest absolute Gasteiger partial charge is 0.382 e. The number of halogens is 2. The van der Waals surface area contributed by atoms with Crippen molar-refractivity contribution >= 4 is 21.6 Å². The molecule has 2 nitrogen and oxygen atoms in total. The van der Waals surface area contributed by atoms with Crippen molar-refractivity contribution in [2.45, 2.75) is 32.2 Å². The Bertz CT molecular complexity index is 389. The van der Waals surface area contributed by atoms with E-state index >= 15 is 0 Å². The second-order valence-electron chi connectivity index (χ2n) is 4.89. The summed E-state index contributed by atoms with van der Waals surface area (Å²) >= 11 is 3.17. The maximum absolute atomic E-state index is 13.4. The molecule has 0 atom stereocenters. The van der Waals surface area contributed by atoms with Crippen LogP contribution in [0.4, 0.5) is 10.1 Å². The summed E-state index contributed by atoms with van der Waals surface area (Å²) in [5, 5.41) is 3.42. The molecule has 0 amide bonds. The van der Waals surface area contributed by atoms with Gasteiger partial charge in [0.05, 0.1) is 4.47 Å². The molecule has 1 aromatic carbocycles. The summed E-state index contributed by atoms with van der Waals surface area (Å²) in [6.07, 6.45) is 3.49. The highest BCUT2D eigenvalue weighted by molar-refractivity contribution is 9.10. The monoisotopic (exact) mass is 314 g/mol. The number of hydrogen-bond donors (Lipinski definition) is 1. The highest BCUT2D eigenvalue weighted by Gasteiger charge is 2.18. The van der Waals surface area contributed by atoms with Crippen LogP contribution in [0.3, 0.4) is 0 Å². The van der Waals surface area contributed by atoms with Crippen LogP contribution in [0.1, 0.15) is 26.2 Å². The van der Waals surface area contributed by atoms with Gasteiger partial charge in [-0.05, 0) is 59.9 Å². The van der Waals surface area contributed by atoms with E-state index in [1.165, 1.54) is 13.0 Å². The van der Waals surface area contributed by atoms with Crippen LogP contribution in [0, 0.1) is 5.82 Å². The average molecular weight is 315 g/mol. The van der Waals surface area contributed by atoms with E-state index in [1.54, 1.807) is 12.1 Å². The third-order valence-electron chi connectivity index (χ3n) is 3.42. The molecule has 1 aromatic rings. The molecule has 0 aromatic heterocycles. The predicted octanol–water partition coefficient (Wildman–Crippen LogP) is 3.87. The van der Waals surface area contributed by atoms with Crippen molar-refractivity contribution in [3.8, 4) is 0 Å². The molecule has 0 radical (unpaired) electrons. The van der Waals surface area contributed by atoms with Crippen molar-refractivity contribution < 1.29 is 4.39 Å². The molecule has 1 N–H and O–H groups in total.